The number of aromatic nitrogens is 3. The zero-order valence-corrected chi connectivity index (χ0v) is 24.6. The van der Waals surface area contributed by atoms with Crippen molar-refractivity contribution in [2.75, 3.05) is 7.11 Å². The van der Waals surface area contributed by atoms with Gasteiger partial charge in [-0.2, -0.15) is 0 Å². The van der Waals surface area contributed by atoms with Crippen LogP contribution in [0.4, 0.5) is 5.69 Å². The van der Waals surface area contributed by atoms with Gasteiger partial charge < -0.3 is 9.47 Å². The molecule has 2 aromatic heterocycles. The average Bonchev–Trinajstić information content (AvgIpc) is 3.27. The number of thiazole rings is 1. The first-order chi connectivity index (χ1) is 20.2. The molecule has 0 N–H and O–H groups in total. The smallest absolute Gasteiger partial charge is 0.338 e. The summed E-state index contributed by atoms with van der Waals surface area (Å²) in [6.07, 6.45) is 4.42. The summed E-state index contributed by atoms with van der Waals surface area (Å²) in [7, 11) is 1.55. The number of methoxy groups -OCH3 is 1. The van der Waals surface area contributed by atoms with Crippen molar-refractivity contribution in [3.63, 3.8) is 0 Å². The number of nitro groups is 1. The number of hydrogen-bond donors (Lipinski definition) is 0. The van der Waals surface area contributed by atoms with E-state index in [2.05, 4.69) is 15.0 Å². The Bertz CT molecular complexity index is 1880. The van der Waals surface area contributed by atoms with Crippen molar-refractivity contribution in [1.82, 2.24) is 14.5 Å². The minimum atomic E-state index is -0.808. The van der Waals surface area contributed by atoms with Crippen LogP contribution in [-0.2, 0) is 9.53 Å². The van der Waals surface area contributed by atoms with Crippen molar-refractivity contribution in [3.05, 3.63) is 113 Å². The second-order valence-corrected chi connectivity index (χ2v) is 11.4. The van der Waals surface area contributed by atoms with Crippen molar-refractivity contribution in [2.24, 2.45) is 4.99 Å². The fourth-order valence-electron chi connectivity index (χ4n) is 4.39. The van der Waals surface area contributed by atoms with Gasteiger partial charge in [-0.25, -0.2) is 19.8 Å². The Morgan fingerprint density at radius 1 is 1.17 bits per heavy atom. The van der Waals surface area contributed by atoms with Crippen LogP contribution < -0.4 is 19.6 Å². The molecular weight excluding hydrogens is 578 g/mol. The summed E-state index contributed by atoms with van der Waals surface area (Å²) in [5, 5.41) is 12.0. The first-order valence-electron chi connectivity index (χ1n) is 12.8. The van der Waals surface area contributed by atoms with Crippen molar-refractivity contribution in [1.29, 1.82) is 0 Å². The van der Waals surface area contributed by atoms with E-state index >= 15 is 0 Å². The molecular formula is C29H25N5O6S2. The minimum Gasteiger partial charge on any atom is -0.497 e. The lowest BCUT2D eigenvalue weighted by Crippen LogP contribution is -2.40. The van der Waals surface area contributed by atoms with Gasteiger partial charge in [-0.3, -0.25) is 19.5 Å². The standard InChI is InChI=1S/C29H25N5O6S2/c1-16(2)40-27(36)24-17(3)32-29-33(25(24)18-6-9-21(39-4)10-7-18)26(35)23(42-29)15-19-14-20(34(37)38)8-11-22(19)41-28-30-12-5-13-31-28/h5-16,25H,1-4H3/b23-15+/t25-/m1/s1. The largest absolute Gasteiger partial charge is 0.497 e. The zero-order valence-electron chi connectivity index (χ0n) is 23.0. The molecule has 0 aliphatic carbocycles. The van der Waals surface area contributed by atoms with E-state index in [1.54, 1.807) is 82.7 Å². The van der Waals surface area contributed by atoms with Crippen molar-refractivity contribution < 1.29 is 19.2 Å². The van der Waals surface area contributed by atoms with Crippen molar-refractivity contribution >= 4 is 40.8 Å². The normalized spacial score (nSPS) is 14.9. The van der Waals surface area contributed by atoms with Crippen LogP contribution in [0.15, 0.2) is 92.0 Å². The Hall–Kier alpha value is -4.62. The molecule has 0 amide bonds. The molecule has 0 saturated heterocycles. The van der Waals surface area contributed by atoms with Crippen LogP contribution in [0.2, 0.25) is 0 Å². The molecule has 13 heteroatoms. The third kappa shape index (κ3) is 5.87. The fraction of sp³-hybridized carbons (Fsp3) is 0.207. The van der Waals surface area contributed by atoms with Crippen LogP contribution in [0.5, 0.6) is 5.75 Å². The SMILES string of the molecule is COc1ccc([C@@H]2C(C(=O)OC(C)C)=C(C)N=c3s/c(=C/c4cc([N+](=O)[O-])ccc4Sc4ncccn4)c(=O)n32)cc1. The highest BCUT2D eigenvalue weighted by Crippen LogP contribution is 2.33. The second kappa shape index (κ2) is 12.1. The molecule has 0 radical (unpaired) electrons. The van der Waals surface area contributed by atoms with Crippen molar-refractivity contribution in [3.8, 4) is 5.75 Å². The maximum absolute atomic E-state index is 14.0. The van der Waals surface area contributed by atoms with E-state index < -0.39 is 22.5 Å². The number of nitro benzene ring substituents is 1. The molecule has 0 spiro atoms. The minimum absolute atomic E-state index is 0.127. The van der Waals surface area contributed by atoms with Crippen LogP contribution in [0.1, 0.15) is 37.9 Å². The summed E-state index contributed by atoms with van der Waals surface area (Å²) in [5.74, 6) is 0.0536. The quantitative estimate of drug-likeness (QED) is 0.126. The van der Waals surface area contributed by atoms with Gasteiger partial charge in [-0.05, 0) is 74.0 Å². The number of fused-ring (bicyclic) bond motifs is 1. The molecule has 0 saturated carbocycles. The highest BCUT2D eigenvalue weighted by molar-refractivity contribution is 7.99. The van der Waals surface area contributed by atoms with Crippen LogP contribution >= 0.6 is 23.1 Å². The molecule has 3 heterocycles. The van der Waals surface area contributed by atoms with E-state index in [0.29, 0.717) is 37.4 Å². The molecule has 4 aromatic rings. The Morgan fingerprint density at radius 2 is 1.88 bits per heavy atom. The summed E-state index contributed by atoms with van der Waals surface area (Å²) in [5.41, 5.74) is 1.27. The first kappa shape index (κ1) is 28.9. The Morgan fingerprint density at radius 3 is 2.52 bits per heavy atom. The summed E-state index contributed by atoms with van der Waals surface area (Å²) in [4.78, 5) is 52.5. The van der Waals surface area contributed by atoms with Gasteiger partial charge >= 0.3 is 5.97 Å². The molecule has 1 atom stereocenters. The number of nitrogens with zero attached hydrogens (tertiary/aromatic N) is 5. The van der Waals surface area contributed by atoms with Crippen LogP contribution in [-0.4, -0.2) is 38.6 Å². The lowest BCUT2D eigenvalue weighted by atomic mass is 9.96. The number of benzene rings is 2. The molecule has 0 bridgehead atoms. The molecule has 214 valence electrons. The number of carbonyl (C=O) groups excluding carboxylic acids is 1. The molecule has 42 heavy (non-hydrogen) atoms. The van der Waals surface area contributed by atoms with Gasteiger partial charge in [0.15, 0.2) is 9.96 Å². The molecule has 5 rings (SSSR count). The van der Waals surface area contributed by atoms with Gasteiger partial charge in [0.1, 0.15) is 5.75 Å². The monoisotopic (exact) mass is 603 g/mol. The Kier molecular flexibility index (Phi) is 8.31. The van der Waals surface area contributed by atoms with E-state index in [0.717, 1.165) is 11.3 Å². The predicted octanol–water partition coefficient (Wildman–Crippen LogP) is 4.04. The van der Waals surface area contributed by atoms with Gasteiger partial charge in [0.25, 0.3) is 11.2 Å². The number of hydrogen-bond acceptors (Lipinski definition) is 11. The second-order valence-electron chi connectivity index (χ2n) is 9.42. The number of rotatable bonds is 8. The van der Waals surface area contributed by atoms with Crippen molar-refractivity contribution in [2.45, 2.75) is 43.0 Å². The number of carbonyl (C=O) groups is 1. The predicted molar refractivity (Wildman–Crippen MR) is 157 cm³/mol. The molecule has 2 aromatic carbocycles. The van der Waals surface area contributed by atoms with Crippen LogP contribution in [0.25, 0.3) is 6.08 Å². The number of esters is 1. The highest BCUT2D eigenvalue weighted by atomic mass is 32.2. The Labute approximate surface area is 248 Å². The summed E-state index contributed by atoms with van der Waals surface area (Å²) in [6.45, 7) is 5.21. The third-order valence-electron chi connectivity index (χ3n) is 6.25. The Balaban J connectivity index is 1.70. The average molecular weight is 604 g/mol. The number of allylic oxidation sites excluding steroid dienone is 1. The van der Waals surface area contributed by atoms with E-state index in [-0.39, 0.29) is 21.9 Å². The van der Waals surface area contributed by atoms with Gasteiger partial charge in [-0.1, -0.05) is 23.5 Å². The first-order valence-corrected chi connectivity index (χ1v) is 14.4. The van der Waals surface area contributed by atoms with Crippen LogP contribution in [0, 0.1) is 10.1 Å². The van der Waals surface area contributed by atoms with E-state index in [1.807, 2.05) is 0 Å². The molecule has 0 unspecified atom stereocenters. The molecule has 1 aliphatic rings. The van der Waals surface area contributed by atoms with E-state index in [1.165, 1.54) is 28.5 Å². The number of non-ortho nitro benzene ring substituents is 1. The van der Waals surface area contributed by atoms with Crippen LogP contribution in [0.3, 0.4) is 0 Å². The topological polar surface area (TPSA) is 139 Å². The van der Waals surface area contributed by atoms with Gasteiger partial charge in [0.05, 0.1) is 40.0 Å². The van der Waals surface area contributed by atoms with Gasteiger partial charge in [0, 0.05) is 29.4 Å². The van der Waals surface area contributed by atoms with Gasteiger partial charge in [-0.15, -0.1) is 0 Å². The van der Waals surface area contributed by atoms with E-state index in [9.17, 15) is 19.7 Å². The lowest BCUT2D eigenvalue weighted by Gasteiger charge is -2.25. The summed E-state index contributed by atoms with van der Waals surface area (Å²) in [6, 6.07) is 12.4. The molecule has 11 nitrogen and oxygen atoms in total. The van der Waals surface area contributed by atoms with E-state index in [4.69, 9.17) is 9.47 Å². The fourth-order valence-corrected chi connectivity index (χ4v) is 6.23. The summed E-state index contributed by atoms with van der Waals surface area (Å²) >= 11 is 2.35. The lowest BCUT2D eigenvalue weighted by molar-refractivity contribution is -0.384. The highest BCUT2D eigenvalue weighted by Gasteiger charge is 2.34. The maximum atomic E-state index is 14.0. The number of ether oxygens (including phenoxy) is 2. The maximum Gasteiger partial charge on any atom is 0.338 e. The van der Waals surface area contributed by atoms with Gasteiger partial charge in [0.2, 0.25) is 0 Å². The molecule has 1 aliphatic heterocycles. The zero-order chi connectivity index (χ0) is 30.0. The third-order valence-corrected chi connectivity index (χ3v) is 8.22. The summed E-state index contributed by atoms with van der Waals surface area (Å²) < 4.78 is 12.6. The molecule has 0 fully saturated rings.